The number of nitrogens with zero attached hydrogens (tertiary/aromatic N) is 3. The molecule has 1 aromatic heterocycles. The Balaban J connectivity index is 1.13. The van der Waals surface area contributed by atoms with E-state index in [4.69, 9.17) is 19.4 Å². The van der Waals surface area contributed by atoms with Crippen LogP contribution in [0.3, 0.4) is 0 Å². The van der Waals surface area contributed by atoms with E-state index < -0.39 is 0 Å². The van der Waals surface area contributed by atoms with Gasteiger partial charge in [-0.3, -0.25) is 0 Å². The molecule has 0 aliphatic heterocycles. The van der Waals surface area contributed by atoms with Gasteiger partial charge in [0.2, 0.25) is 5.95 Å². The molecule has 2 N–H and O–H groups in total. The van der Waals surface area contributed by atoms with Crippen LogP contribution in [0.5, 0.6) is 11.5 Å². The topological polar surface area (TPSA) is 71.5 Å². The molecular formula is C32H39N5O2. The van der Waals surface area contributed by atoms with E-state index in [-0.39, 0.29) is 0 Å². The molecule has 0 bridgehead atoms. The molecule has 1 aliphatic carbocycles. The van der Waals surface area contributed by atoms with Crippen LogP contribution in [-0.2, 0) is 13.2 Å². The van der Waals surface area contributed by atoms with Crippen LogP contribution in [0.15, 0.2) is 72.8 Å². The van der Waals surface area contributed by atoms with Crippen LogP contribution in [0.2, 0.25) is 0 Å². The van der Waals surface area contributed by atoms with Crippen molar-refractivity contribution in [2.45, 2.75) is 44.9 Å². The minimum Gasteiger partial charge on any atom is -0.493 e. The summed E-state index contributed by atoms with van der Waals surface area (Å²) in [7, 11) is 5.75. The second-order valence-electron chi connectivity index (χ2n) is 10.5. The van der Waals surface area contributed by atoms with Crippen molar-refractivity contribution in [1.82, 2.24) is 15.3 Å². The predicted octanol–water partition coefficient (Wildman–Crippen LogP) is 6.04. The van der Waals surface area contributed by atoms with Gasteiger partial charge in [-0.25, -0.2) is 4.98 Å². The lowest BCUT2D eigenvalue weighted by Gasteiger charge is -2.29. The van der Waals surface area contributed by atoms with Crippen molar-refractivity contribution in [3.8, 4) is 11.5 Å². The molecule has 1 fully saturated rings. The molecule has 7 heteroatoms. The second kappa shape index (κ2) is 12.8. The molecule has 0 unspecified atom stereocenters. The van der Waals surface area contributed by atoms with Crippen molar-refractivity contribution in [3.05, 3.63) is 83.9 Å². The number of anilines is 2. The summed E-state index contributed by atoms with van der Waals surface area (Å²) in [6.07, 6.45) is 4.58. The number of para-hydroxylation sites is 2. The van der Waals surface area contributed by atoms with Gasteiger partial charge in [0.15, 0.2) is 11.5 Å². The highest BCUT2D eigenvalue weighted by molar-refractivity contribution is 5.90. The van der Waals surface area contributed by atoms with Crippen LogP contribution in [0.4, 0.5) is 11.8 Å². The number of methoxy groups -OCH3 is 1. The first-order valence-electron chi connectivity index (χ1n) is 13.8. The number of hydrogen-bond acceptors (Lipinski definition) is 7. The van der Waals surface area contributed by atoms with Crippen LogP contribution >= 0.6 is 0 Å². The van der Waals surface area contributed by atoms with E-state index in [1.54, 1.807) is 7.11 Å². The molecule has 1 heterocycles. The van der Waals surface area contributed by atoms with Gasteiger partial charge in [-0.2, -0.15) is 4.98 Å². The molecule has 0 amide bonds. The molecule has 0 saturated heterocycles. The fraction of sp³-hybridized carbons (Fsp3) is 0.375. The van der Waals surface area contributed by atoms with Crippen LogP contribution in [0, 0.1) is 5.92 Å². The van der Waals surface area contributed by atoms with Gasteiger partial charge in [0.05, 0.1) is 12.6 Å². The van der Waals surface area contributed by atoms with Gasteiger partial charge in [0.1, 0.15) is 12.4 Å². The van der Waals surface area contributed by atoms with E-state index in [0.29, 0.717) is 18.6 Å². The van der Waals surface area contributed by atoms with Crippen LogP contribution in [-0.4, -0.2) is 43.8 Å². The fourth-order valence-corrected chi connectivity index (χ4v) is 5.32. The van der Waals surface area contributed by atoms with Crippen LogP contribution < -0.4 is 25.0 Å². The van der Waals surface area contributed by atoms with Gasteiger partial charge in [0.25, 0.3) is 0 Å². The number of rotatable bonds is 11. The highest BCUT2D eigenvalue weighted by Crippen LogP contribution is 2.32. The Morgan fingerprint density at radius 2 is 1.64 bits per heavy atom. The summed E-state index contributed by atoms with van der Waals surface area (Å²) in [6, 6.07) is 24.9. The summed E-state index contributed by atoms with van der Waals surface area (Å²) in [5, 5.41) is 8.37. The average Bonchev–Trinajstić information content (AvgIpc) is 2.97. The Bertz CT molecular complexity index is 1350. The van der Waals surface area contributed by atoms with Gasteiger partial charge in [-0.15, -0.1) is 0 Å². The van der Waals surface area contributed by atoms with Crippen molar-refractivity contribution >= 4 is 22.7 Å². The van der Waals surface area contributed by atoms with Crippen LogP contribution in [0.1, 0.15) is 36.8 Å². The number of nitrogens with one attached hydrogen (secondary N) is 2. The minimum absolute atomic E-state index is 0.397. The van der Waals surface area contributed by atoms with E-state index >= 15 is 0 Å². The first kappa shape index (κ1) is 26.8. The zero-order valence-corrected chi connectivity index (χ0v) is 23.2. The third kappa shape index (κ3) is 6.79. The van der Waals surface area contributed by atoms with E-state index in [9.17, 15) is 0 Å². The number of hydrogen-bond donors (Lipinski definition) is 2. The highest BCUT2D eigenvalue weighted by Gasteiger charge is 2.22. The fourth-order valence-electron chi connectivity index (χ4n) is 5.32. The summed E-state index contributed by atoms with van der Waals surface area (Å²) in [4.78, 5) is 11.7. The van der Waals surface area contributed by atoms with Gasteiger partial charge >= 0.3 is 0 Å². The quantitative estimate of drug-likeness (QED) is 0.247. The summed E-state index contributed by atoms with van der Waals surface area (Å²) in [6.45, 7) is 2.25. The average molecular weight is 526 g/mol. The summed E-state index contributed by atoms with van der Waals surface area (Å²) in [5.41, 5.74) is 3.23. The lowest BCUT2D eigenvalue weighted by atomic mass is 9.86. The van der Waals surface area contributed by atoms with Gasteiger partial charge < -0.3 is 25.0 Å². The molecular weight excluding hydrogens is 486 g/mol. The zero-order valence-electron chi connectivity index (χ0n) is 23.2. The smallest absolute Gasteiger partial charge is 0.225 e. The molecule has 0 spiro atoms. The molecule has 1 saturated carbocycles. The SMILES string of the molecule is COc1cccc(CNC[C@H]2CC[C@@H](Nc3nc(N(C)C)c4ccccc4n3)CC2)c1OCc1ccccc1. The Hall–Kier alpha value is -3.84. The van der Waals surface area contributed by atoms with Crippen molar-refractivity contribution in [1.29, 1.82) is 0 Å². The molecule has 7 nitrogen and oxygen atoms in total. The molecule has 5 rings (SSSR count). The molecule has 1 aliphatic rings. The lowest BCUT2D eigenvalue weighted by molar-refractivity contribution is 0.279. The van der Waals surface area contributed by atoms with Crippen molar-refractivity contribution in [3.63, 3.8) is 0 Å². The Morgan fingerprint density at radius 1 is 0.872 bits per heavy atom. The summed E-state index contributed by atoms with van der Waals surface area (Å²) in [5.74, 6) is 3.91. The Morgan fingerprint density at radius 3 is 2.41 bits per heavy atom. The summed E-state index contributed by atoms with van der Waals surface area (Å²) >= 11 is 0. The van der Waals surface area contributed by atoms with E-state index in [1.807, 2.05) is 56.6 Å². The standard InChI is InChI=1S/C32H39N5O2/c1-37(2)31-27-13-7-8-14-28(27)35-32(36-31)34-26-18-16-23(17-19-26)20-33-21-25-12-9-15-29(38-3)30(25)39-22-24-10-5-4-6-11-24/h4-15,23,26,33H,16-22H2,1-3H3,(H,34,35,36)/t23-,26+. The second-order valence-corrected chi connectivity index (χ2v) is 10.5. The molecule has 0 radical (unpaired) electrons. The number of ether oxygens (including phenoxy) is 2. The number of fused-ring (bicyclic) bond motifs is 1. The molecule has 3 aromatic carbocycles. The highest BCUT2D eigenvalue weighted by atomic mass is 16.5. The zero-order chi connectivity index (χ0) is 27.0. The van der Waals surface area contributed by atoms with Gasteiger partial charge in [-0.05, 0) is 61.9 Å². The largest absolute Gasteiger partial charge is 0.493 e. The molecule has 4 aromatic rings. The molecule has 0 atom stereocenters. The molecule has 39 heavy (non-hydrogen) atoms. The van der Waals surface area contributed by atoms with Crippen molar-refractivity contribution in [2.75, 3.05) is 38.0 Å². The number of benzene rings is 3. The first-order chi connectivity index (χ1) is 19.1. The first-order valence-corrected chi connectivity index (χ1v) is 13.8. The maximum absolute atomic E-state index is 6.22. The van der Waals surface area contributed by atoms with Gasteiger partial charge in [-0.1, -0.05) is 54.6 Å². The maximum Gasteiger partial charge on any atom is 0.225 e. The van der Waals surface area contributed by atoms with E-state index in [1.165, 1.54) is 12.8 Å². The van der Waals surface area contributed by atoms with E-state index in [0.717, 1.165) is 71.2 Å². The third-order valence-electron chi connectivity index (χ3n) is 7.44. The Kier molecular flexibility index (Phi) is 8.78. The number of aromatic nitrogens is 2. The Labute approximate surface area is 231 Å². The molecule has 204 valence electrons. The van der Waals surface area contributed by atoms with Crippen molar-refractivity contribution < 1.29 is 9.47 Å². The normalized spacial score (nSPS) is 17.1. The van der Waals surface area contributed by atoms with Gasteiger partial charge in [0, 0.05) is 37.6 Å². The predicted molar refractivity (Wildman–Crippen MR) is 159 cm³/mol. The van der Waals surface area contributed by atoms with E-state index in [2.05, 4.69) is 45.9 Å². The maximum atomic E-state index is 6.22. The monoisotopic (exact) mass is 525 g/mol. The third-order valence-corrected chi connectivity index (χ3v) is 7.44. The lowest BCUT2D eigenvalue weighted by Crippen LogP contribution is -2.31. The van der Waals surface area contributed by atoms with Crippen molar-refractivity contribution in [2.24, 2.45) is 5.92 Å². The minimum atomic E-state index is 0.397. The van der Waals surface area contributed by atoms with Crippen LogP contribution in [0.25, 0.3) is 10.9 Å². The summed E-state index contributed by atoms with van der Waals surface area (Å²) < 4.78 is 11.8.